The molecule has 3 aromatic carbocycles. The minimum absolute atomic E-state index is 0.652. The minimum Gasteiger partial charge on any atom is -0.305 e. The second kappa shape index (κ2) is 9.00. The largest absolute Gasteiger partial charge is 0.305 e. The van der Waals surface area contributed by atoms with Gasteiger partial charge in [0.15, 0.2) is 0 Å². The van der Waals surface area contributed by atoms with E-state index in [4.69, 9.17) is 0 Å². The molecule has 4 aromatic rings. The van der Waals surface area contributed by atoms with Crippen LogP contribution >= 0.6 is 0 Å². The molecule has 4 heteroatoms. The molecule has 1 aliphatic rings. The van der Waals surface area contributed by atoms with Crippen LogP contribution < -0.4 is 0 Å². The molecular weight excluding hydrogens is 392 g/mol. The van der Waals surface area contributed by atoms with Crippen LogP contribution in [-0.4, -0.2) is 53.2 Å². The smallest absolute Gasteiger partial charge is 0.143 e. The third kappa shape index (κ3) is 4.31. The van der Waals surface area contributed by atoms with Crippen LogP contribution in [-0.2, 0) is 6.54 Å². The molecule has 0 unspecified atom stereocenters. The maximum atomic E-state index is 4.50. The average molecular weight is 421 g/mol. The maximum absolute atomic E-state index is 4.50. The summed E-state index contributed by atoms with van der Waals surface area (Å²) in [6.07, 6.45) is 1.23. The zero-order valence-electron chi connectivity index (χ0n) is 18.7. The quantitative estimate of drug-likeness (QED) is 0.483. The molecule has 0 spiro atoms. The molecule has 0 aliphatic carbocycles. The van der Waals surface area contributed by atoms with Crippen LogP contribution in [0.2, 0.25) is 0 Å². The lowest BCUT2D eigenvalue weighted by Crippen LogP contribution is -2.31. The van der Waals surface area contributed by atoms with Gasteiger partial charge in [-0.05, 0) is 61.3 Å². The van der Waals surface area contributed by atoms with Gasteiger partial charge in [-0.15, -0.1) is 0 Å². The second-order valence-electron chi connectivity index (χ2n) is 8.75. The van der Waals surface area contributed by atoms with Gasteiger partial charge in [0.25, 0.3) is 0 Å². The third-order valence-corrected chi connectivity index (χ3v) is 6.34. The van der Waals surface area contributed by atoms with Crippen molar-refractivity contribution in [2.75, 3.05) is 27.2 Å². The highest BCUT2D eigenvalue weighted by molar-refractivity contribution is 5.85. The van der Waals surface area contributed by atoms with Crippen molar-refractivity contribution in [2.45, 2.75) is 19.0 Å². The standard InChI is InChI=1S/C28H28N4/c1-31(2)24-16-17-32(20-24)19-21-12-14-27-26(18-21)28(30-29-27)15-13-23-10-6-7-11-25(23)22-8-4-3-5-9-22/h3-12,14,18,24H,16-17,19-20H2,1-2H3,(H,29,30)/t24-/m1/s1. The lowest BCUT2D eigenvalue weighted by Gasteiger charge is -2.20. The van der Waals surface area contributed by atoms with Crippen LogP contribution in [0.1, 0.15) is 23.2 Å². The Bertz CT molecular complexity index is 1280. The molecule has 1 saturated heterocycles. The van der Waals surface area contributed by atoms with Gasteiger partial charge >= 0.3 is 0 Å². The van der Waals surface area contributed by atoms with Gasteiger partial charge in [-0.2, -0.15) is 5.10 Å². The Kier molecular flexibility index (Phi) is 5.77. The summed E-state index contributed by atoms with van der Waals surface area (Å²) in [7, 11) is 4.35. The molecule has 4 nitrogen and oxygen atoms in total. The van der Waals surface area contributed by atoms with Crippen molar-refractivity contribution in [3.8, 4) is 23.0 Å². The SMILES string of the molecule is CN(C)[C@@H]1CCN(Cc2ccc3[nH]nc(C#Cc4ccccc4-c4ccccc4)c3c2)C1. The number of nitrogens with zero attached hydrogens (tertiary/aromatic N) is 3. The second-order valence-corrected chi connectivity index (χ2v) is 8.75. The normalized spacial score (nSPS) is 16.4. The van der Waals surface area contributed by atoms with Gasteiger partial charge < -0.3 is 4.90 Å². The summed E-state index contributed by atoms with van der Waals surface area (Å²) < 4.78 is 0. The number of benzene rings is 3. The van der Waals surface area contributed by atoms with Gasteiger partial charge in [0.05, 0.1) is 5.52 Å². The number of aromatic amines is 1. The van der Waals surface area contributed by atoms with Crippen molar-refractivity contribution in [3.63, 3.8) is 0 Å². The Hall–Kier alpha value is -3.39. The molecule has 1 fully saturated rings. The predicted octanol–water partition coefficient (Wildman–Crippen LogP) is 4.77. The molecule has 160 valence electrons. The van der Waals surface area contributed by atoms with Crippen LogP contribution in [0.3, 0.4) is 0 Å². The molecule has 1 aliphatic heterocycles. The van der Waals surface area contributed by atoms with E-state index < -0.39 is 0 Å². The summed E-state index contributed by atoms with van der Waals surface area (Å²) in [5.41, 5.74) is 6.47. The number of likely N-dealkylation sites (tertiary alicyclic amines) is 1. The van der Waals surface area contributed by atoms with Crippen LogP contribution in [0.25, 0.3) is 22.0 Å². The van der Waals surface area contributed by atoms with Gasteiger partial charge in [-0.25, -0.2) is 0 Å². The fourth-order valence-electron chi connectivity index (χ4n) is 4.48. The van der Waals surface area contributed by atoms with Crippen molar-refractivity contribution in [1.82, 2.24) is 20.0 Å². The first-order valence-corrected chi connectivity index (χ1v) is 11.2. The van der Waals surface area contributed by atoms with Gasteiger partial charge in [-0.1, -0.05) is 60.5 Å². The van der Waals surface area contributed by atoms with Crippen molar-refractivity contribution >= 4 is 10.9 Å². The van der Waals surface area contributed by atoms with E-state index in [1.807, 2.05) is 12.1 Å². The van der Waals surface area contributed by atoms with Crippen LogP contribution in [0.5, 0.6) is 0 Å². The van der Waals surface area contributed by atoms with Gasteiger partial charge in [0, 0.05) is 36.6 Å². The number of aromatic nitrogens is 2. The van der Waals surface area contributed by atoms with E-state index in [1.165, 1.54) is 17.5 Å². The van der Waals surface area contributed by atoms with Crippen molar-refractivity contribution in [3.05, 3.63) is 89.6 Å². The number of hydrogen-bond acceptors (Lipinski definition) is 3. The molecule has 0 amide bonds. The molecule has 2 heterocycles. The zero-order valence-corrected chi connectivity index (χ0v) is 18.7. The Balaban J connectivity index is 1.41. The Morgan fingerprint density at radius 3 is 2.62 bits per heavy atom. The monoisotopic (exact) mass is 420 g/mol. The van der Waals surface area contributed by atoms with E-state index in [1.54, 1.807) is 0 Å². The van der Waals surface area contributed by atoms with Crippen LogP contribution in [0.15, 0.2) is 72.8 Å². The van der Waals surface area contributed by atoms with Gasteiger partial charge in [0.2, 0.25) is 0 Å². The van der Waals surface area contributed by atoms with Crippen molar-refractivity contribution in [1.29, 1.82) is 0 Å². The molecular formula is C28H28N4. The lowest BCUT2D eigenvalue weighted by atomic mass is 10.00. The predicted molar refractivity (Wildman–Crippen MR) is 131 cm³/mol. The maximum Gasteiger partial charge on any atom is 0.143 e. The summed E-state index contributed by atoms with van der Waals surface area (Å²) in [6.45, 7) is 3.24. The Labute approximate surface area is 189 Å². The highest BCUT2D eigenvalue weighted by Crippen LogP contribution is 2.24. The summed E-state index contributed by atoms with van der Waals surface area (Å²) in [5, 5.41) is 8.74. The molecule has 32 heavy (non-hydrogen) atoms. The van der Waals surface area contributed by atoms with E-state index in [2.05, 4.69) is 107 Å². The summed E-state index contributed by atoms with van der Waals surface area (Å²) >= 11 is 0. The molecule has 0 saturated carbocycles. The van der Waals surface area contributed by atoms with Crippen LogP contribution in [0.4, 0.5) is 0 Å². The molecule has 5 rings (SSSR count). The van der Waals surface area contributed by atoms with E-state index in [-0.39, 0.29) is 0 Å². The fraction of sp³-hybridized carbons (Fsp3) is 0.250. The number of hydrogen-bond donors (Lipinski definition) is 1. The molecule has 0 radical (unpaired) electrons. The van der Waals surface area contributed by atoms with E-state index in [9.17, 15) is 0 Å². The minimum atomic E-state index is 0.652. The van der Waals surface area contributed by atoms with E-state index in [0.29, 0.717) is 6.04 Å². The zero-order chi connectivity index (χ0) is 21.9. The third-order valence-electron chi connectivity index (χ3n) is 6.34. The highest BCUT2D eigenvalue weighted by atomic mass is 15.2. The van der Waals surface area contributed by atoms with Gasteiger partial charge in [0.1, 0.15) is 5.69 Å². The number of likely N-dealkylation sites (N-methyl/N-ethyl adjacent to an activating group) is 1. The summed E-state index contributed by atoms with van der Waals surface area (Å²) in [4.78, 5) is 4.87. The summed E-state index contributed by atoms with van der Waals surface area (Å²) in [6, 6.07) is 25.9. The lowest BCUT2D eigenvalue weighted by molar-refractivity contribution is 0.265. The first-order valence-electron chi connectivity index (χ1n) is 11.2. The van der Waals surface area contributed by atoms with Gasteiger partial charge in [-0.3, -0.25) is 10.00 Å². The van der Waals surface area contributed by atoms with Crippen molar-refractivity contribution in [2.24, 2.45) is 0 Å². The van der Waals surface area contributed by atoms with E-state index in [0.717, 1.165) is 47.4 Å². The molecule has 1 aromatic heterocycles. The average Bonchev–Trinajstić information content (AvgIpc) is 3.45. The number of fused-ring (bicyclic) bond motifs is 1. The number of H-pyrrole nitrogens is 1. The number of nitrogens with one attached hydrogen (secondary N) is 1. The molecule has 1 N–H and O–H groups in total. The topological polar surface area (TPSA) is 35.2 Å². The highest BCUT2D eigenvalue weighted by Gasteiger charge is 2.23. The van der Waals surface area contributed by atoms with E-state index >= 15 is 0 Å². The first kappa shape index (κ1) is 20.5. The summed E-state index contributed by atoms with van der Waals surface area (Å²) in [5.74, 6) is 6.69. The van der Waals surface area contributed by atoms with Crippen LogP contribution in [0, 0.1) is 11.8 Å². The fourth-order valence-corrected chi connectivity index (χ4v) is 4.48. The number of rotatable bonds is 4. The Morgan fingerprint density at radius 1 is 1.00 bits per heavy atom. The first-order chi connectivity index (χ1) is 15.7. The van der Waals surface area contributed by atoms with Crippen molar-refractivity contribution < 1.29 is 0 Å². The molecule has 0 bridgehead atoms. The Morgan fingerprint density at radius 2 is 1.81 bits per heavy atom. The molecule has 1 atom stereocenters.